The average molecular weight is 324 g/mol. The highest BCUT2D eigenvalue weighted by molar-refractivity contribution is 5.94. The Morgan fingerprint density at radius 2 is 2.26 bits per heavy atom. The lowest BCUT2D eigenvalue weighted by molar-refractivity contribution is -0.117. The van der Waals surface area contributed by atoms with Crippen LogP contribution in [0, 0.1) is 0 Å². The van der Waals surface area contributed by atoms with Gasteiger partial charge in [-0.05, 0) is 19.8 Å². The van der Waals surface area contributed by atoms with Gasteiger partial charge in [0.1, 0.15) is 12.1 Å². The SMILES string of the molecule is C/C(=C/F)OCCC1(O)CCN(CC2=CC=CCNC2=O)CC1. The first-order chi connectivity index (χ1) is 11.0. The third kappa shape index (κ3) is 5.48. The smallest absolute Gasteiger partial charge is 0.248 e. The van der Waals surface area contributed by atoms with Gasteiger partial charge in [0.2, 0.25) is 5.91 Å². The van der Waals surface area contributed by atoms with Crippen LogP contribution < -0.4 is 5.32 Å². The molecular formula is C17H25FN2O3. The lowest BCUT2D eigenvalue weighted by atomic mass is 9.88. The lowest BCUT2D eigenvalue weighted by Crippen LogP contribution is -2.46. The molecule has 23 heavy (non-hydrogen) atoms. The molecule has 1 fully saturated rings. The zero-order chi connectivity index (χ0) is 16.7. The van der Waals surface area contributed by atoms with Crippen LogP contribution in [0.4, 0.5) is 4.39 Å². The minimum atomic E-state index is -0.771. The number of rotatable bonds is 6. The van der Waals surface area contributed by atoms with E-state index in [-0.39, 0.29) is 11.7 Å². The average Bonchev–Trinajstić information content (AvgIpc) is 2.74. The molecule has 5 nitrogen and oxygen atoms in total. The van der Waals surface area contributed by atoms with Gasteiger partial charge in [0.05, 0.1) is 12.2 Å². The monoisotopic (exact) mass is 324 g/mol. The Hall–Kier alpha value is -1.66. The van der Waals surface area contributed by atoms with E-state index in [4.69, 9.17) is 4.74 Å². The zero-order valence-corrected chi connectivity index (χ0v) is 13.6. The standard InChI is InChI=1S/C17H25FN2O3/c1-14(12-18)23-11-7-17(22)5-9-20(10-6-17)13-15-4-2-3-8-19-16(15)21/h2-4,12,22H,5-11,13H2,1H3,(H,19,21)/b14-12-. The first kappa shape index (κ1) is 17.7. The number of hydrogen-bond donors (Lipinski definition) is 2. The Bertz CT molecular complexity index is 506. The van der Waals surface area contributed by atoms with Crippen LogP contribution in [0.2, 0.25) is 0 Å². The number of carbonyl (C=O) groups excluding carboxylic acids is 1. The summed E-state index contributed by atoms with van der Waals surface area (Å²) in [6, 6.07) is 0. The van der Waals surface area contributed by atoms with Crippen LogP contribution in [0.5, 0.6) is 0 Å². The van der Waals surface area contributed by atoms with Gasteiger partial charge in [-0.15, -0.1) is 0 Å². The van der Waals surface area contributed by atoms with Gasteiger partial charge in [0.15, 0.2) is 0 Å². The van der Waals surface area contributed by atoms with E-state index in [1.807, 2.05) is 18.2 Å². The van der Waals surface area contributed by atoms with E-state index >= 15 is 0 Å². The number of hydrogen-bond acceptors (Lipinski definition) is 4. The summed E-state index contributed by atoms with van der Waals surface area (Å²) >= 11 is 0. The van der Waals surface area contributed by atoms with Gasteiger partial charge in [0, 0.05) is 38.2 Å². The molecule has 0 spiro atoms. The molecule has 2 rings (SSSR count). The van der Waals surface area contributed by atoms with Gasteiger partial charge in [-0.2, -0.15) is 0 Å². The van der Waals surface area contributed by atoms with E-state index in [9.17, 15) is 14.3 Å². The first-order valence-electron chi connectivity index (χ1n) is 8.01. The summed E-state index contributed by atoms with van der Waals surface area (Å²) in [5.74, 6) is 0.197. The van der Waals surface area contributed by atoms with Crippen molar-refractivity contribution in [3.05, 3.63) is 35.9 Å². The second-order valence-corrected chi connectivity index (χ2v) is 6.15. The van der Waals surface area contributed by atoms with Gasteiger partial charge in [-0.1, -0.05) is 18.2 Å². The highest BCUT2D eigenvalue weighted by atomic mass is 19.1. The van der Waals surface area contributed by atoms with Crippen molar-refractivity contribution < 1.29 is 19.0 Å². The summed E-state index contributed by atoms with van der Waals surface area (Å²) in [5, 5.41) is 13.4. The molecule has 1 amide bonds. The number of amides is 1. The first-order valence-corrected chi connectivity index (χ1v) is 8.01. The van der Waals surface area contributed by atoms with Gasteiger partial charge in [0.25, 0.3) is 0 Å². The number of likely N-dealkylation sites (tertiary alicyclic amines) is 1. The van der Waals surface area contributed by atoms with Crippen molar-refractivity contribution in [2.75, 3.05) is 32.8 Å². The molecule has 2 aliphatic rings. The van der Waals surface area contributed by atoms with Crippen LogP contribution in [0.3, 0.4) is 0 Å². The van der Waals surface area contributed by atoms with Crippen molar-refractivity contribution in [1.82, 2.24) is 10.2 Å². The molecule has 6 heteroatoms. The number of piperidine rings is 1. The number of nitrogens with zero attached hydrogens (tertiary/aromatic N) is 1. The highest BCUT2D eigenvalue weighted by Crippen LogP contribution is 2.26. The van der Waals surface area contributed by atoms with Crippen LogP contribution in [0.15, 0.2) is 35.9 Å². The fourth-order valence-electron chi connectivity index (χ4n) is 2.77. The maximum atomic E-state index is 12.2. The van der Waals surface area contributed by atoms with E-state index < -0.39 is 5.60 Å². The maximum absolute atomic E-state index is 12.2. The van der Waals surface area contributed by atoms with Crippen molar-refractivity contribution in [1.29, 1.82) is 0 Å². The number of carbonyl (C=O) groups is 1. The molecule has 0 radical (unpaired) electrons. The number of halogens is 1. The molecule has 0 bridgehead atoms. The Kier molecular flexibility index (Phi) is 6.36. The van der Waals surface area contributed by atoms with Crippen LogP contribution in [0.25, 0.3) is 0 Å². The molecular weight excluding hydrogens is 299 g/mol. The predicted octanol–water partition coefficient (Wildman–Crippen LogP) is 1.66. The van der Waals surface area contributed by atoms with E-state index in [1.54, 1.807) is 6.92 Å². The largest absolute Gasteiger partial charge is 0.496 e. The molecule has 0 saturated carbocycles. The lowest BCUT2D eigenvalue weighted by Gasteiger charge is -2.38. The van der Waals surface area contributed by atoms with Crippen molar-refractivity contribution in [2.24, 2.45) is 0 Å². The van der Waals surface area contributed by atoms with E-state index in [0.29, 0.717) is 45.3 Å². The quantitative estimate of drug-likeness (QED) is 0.730. The second-order valence-electron chi connectivity index (χ2n) is 6.15. The van der Waals surface area contributed by atoms with E-state index in [0.717, 1.165) is 18.7 Å². The summed E-state index contributed by atoms with van der Waals surface area (Å²) in [4.78, 5) is 14.1. The van der Waals surface area contributed by atoms with Crippen LogP contribution in [-0.2, 0) is 9.53 Å². The van der Waals surface area contributed by atoms with Gasteiger partial charge >= 0.3 is 0 Å². The summed E-state index contributed by atoms with van der Waals surface area (Å²) in [6.07, 6.45) is 7.81. The van der Waals surface area contributed by atoms with Crippen molar-refractivity contribution >= 4 is 5.91 Å². The van der Waals surface area contributed by atoms with E-state index in [1.165, 1.54) is 0 Å². The van der Waals surface area contributed by atoms with Gasteiger partial charge < -0.3 is 15.2 Å². The summed E-state index contributed by atoms with van der Waals surface area (Å²) < 4.78 is 17.4. The molecule has 2 heterocycles. The number of allylic oxidation sites excluding steroid dienone is 3. The highest BCUT2D eigenvalue weighted by Gasteiger charge is 2.32. The minimum absolute atomic E-state index is 0.0299. The summed E-state index contributed by atoms with van der Waals surface area (Å²) in [7, 11) is 0. The summed E-state index contributed by atoms with van der Waals surface area (Å²) in [5.41, 5.74) is -0.0242. The zero-order valence-electron chi connectivity index (χ0n) is 13.6. The van der Waals surface area contributed by atoms with Crippen molar-refractivity contribution in [2.45, 2.75) is 31.8 Å². The molecule has 1 saturated heterocycles. The molecule has 0 unspecified atom stereocenters. The molecule has 0 aliphatic carbocycles. The Balaban J connectivity index is 1.77. The minimum Gasteiger partial charge on any atom is -0.496 e. The molecule has 2 N–H and O–H groups in total. The van der Waals surface area contributed by atoms with Gasteiger partial charge in [-0.25, -0.2) is 4.39 Å². The van der Waals surface area contributed by atoms with Crippen LogP contribution >= 0.6 is 0 Å². The van der Waals surface area contributed by atoms with Crippen LogP contribution in [0.1, 0.15) is 26.2 Å². The predicted molar refractivity (Wildman–Crippen MR) is 86.3 cm³/mol. The van der Waals surface area contributed by atoms with Crippen LogP contribution in [-0.4, -0.2) is 54.3 Å². The molecule has 0 atom stereocenters. The fourth-order valence-corrected chi connectivity index (χ4v) is 2.77. The topological polar surface area (TPSA) is 61.8 Å². The number of aliphatic hydroxyl groups is 1. The molecule has 2 aliphatic heterocycles. The third-order valence-corrected chi connectivity index (χ3v) is 4.34. The van der Waals surface area contributed by atoms with E-state index in [2.05, 4.69) is 10.2 Å². The molecule has 0 aromatic rings. The van der Waals surface area contributed by atoms with Crippen molar-refractivity contribution in [3.63, 3.8) is 0 Å². The van der Waals surface area contributed by atoms with Crippen molar-refractivity contribution in [3.8, 4) is 0 Å². The normalized spacial score (nSPS) is 22.3. The molecule has 128 valence electrons. The number of ether oxygens (including phenoxy) is 1. The summed E-state index contributed by atoms with van der Waals surface area (Å²) in [6.45, 7) is 4.46. The Morgan fingerprint density at radius 3 is 2.96 bits per heavy atom. The second kappa shape index (κ2) is 8.26. The molecule has 0 aromatic heterocycles. The Morgan fingerprint density at radius 1 is 1.52 bits per heavy atom. The molecule has 0 aromatic carbocycles. The van der Waals surface area contributed by atoms with Gasteiger partial charge in [-0.3, -0.25) is 9.69 Å². The third-order valence-electron chi connectivity index (χ3n) is 4.34. The fraction of sp³-hybridized carbons (Fsp3) is 0.588. The Labute approximate surface area is 136 Å². The maximum Gasteiger partial charge on any atom is 0.248 e. The number of nitrogens with one attached hydrogen (secondary N) is 1.